The Labute approximate surface area is 157 Å². The summed E-state index contributed by atoms with van der Waals surface area (Å²) in [6.45, 7) is 4.95. The molecular weight excluding hydrogens is 347 g/mol. The zero-order valence-corrected chi connectivity index (χ0v) is 15.6. The maximum Gasteiger partial charge on any atom is 0.122 e. The van der Waals surface area contributed by atoms with Gasteiger partial charge in [0.15, 0.2) is 0 Å². The second-order valence-electron chi connectivity index (χ2n) is 5.92. The van der Waals surface area contributed by atoms with Crippen LogP contribution in [0.3, 0.4) is 0 Å². The Hall–Kier alpha value is -1.01. The Morgan fingerprint density at radius 1 is 1.21 bits per heavy atom. The van der Waals surface area contributed by atoms with Gasteiger partial charge in [-0.1, -0.05) is 18.2 Å². The summed E-state index contributed by atoms with van der Waals surface area (Å²) in [5.41, 5.74) is 4.72. The number of hydrazine groups is 1. The Balaban J connectivity index is 0.00000144. The van der Waals surface area contributed by atoms with Crippen LogP contribution in [0.15, 0.2) is 29.3 Å². The van der Waals surface area contributed by atoms with Gasteiger partial charge in [0.25, 0.3) is 0 Å². The maximum absolute atomic E-state index is 6.03. The first-order valence-corrected chi connectivity index (χ1v) is 8.37. The van der Waals surface area contributed by atoms with Crippen LogP contribution in [-0.2, 0) is 6.42 Å². The van der Waals surface area contributed by atoms with Crippen LogP contribution in [0, 0.1) is 0 Å². The molecule has 5 nitrogen and oxygen atoms in total. The number of nitrogens with one attached hydrogen (secondary N) is 2. The SMILES string of the molecule is C1=NCCCN1NCCCNC[C@H]1CCc2ccccc2O1.Cl.Cl. The molecule has 24 heavy (non-hydrogen) atoms. The lowest BCUT2D eigenvalue weighted by atomic mass is 10.0. The van der Waals surface area contributed by atoms with Crippen molar-refractivity contribution in [1.29, 1.82) is 0 Å². The van der Waals surface area contributed by atoms with E-state index in [4.69, 9.17) is 4.74 Å². The summed E-state index contributed by atoms with van der Waals surface area (Å²) in [4.78, 5) is 4.26. The van der Waals surface area contributed by atoms with Crippen LogP contribution in [0.2, 0.25) is 0 Å². The number of fused-ring (bicyclic) bond motifs is 1. The summed E-state index contributed by atoms with van der Waals surface area (Å²) >= 11 is 0. The Morgan fingerprint density at radius 2 is 2.08 bits per heavy atom. The zero-order chi connectivity index (χ0) is 15.0. The monoisotopic (exact) mass is 374 g/mol. The smallest absolute Gasteiger partial charge is 0.122 e. The van der Waals surface area contributed by atoms with Gasteiger partial charge in [0.2, 0.25) is 0 Å². The van der Waals surface area contributed by atoms with Crippen molar-refractivity contribution in [1.82, 2.24) is 15.8 Å². The third kappa shape index (κ3) is 6.48. The first-order valence-electron chi connectivity index (χ1n) is 8.37. The molecule has 136 valence electrons. The molecule has 7 heteroatoms. The van der Waals surface area contributed by atoms with E-state index in [2.05, 4.69) is 38.9 Å². The molecule has 0 saturated heterocycles. The highest BCUT2D eigenvalue weighted by molar-refractivity contribution is 5.85. The summed E-state index contributed by atoms with van der Waals surface area (Å²) < 4.78 is 6.03. The number of halogens is 2. The van der Waals surface area contributed by atoms with Gasteiger partial charge >= 0.3 is 0 Å². The summed E-state index contributed by atoms with van der Waals surface area (Å²) in [6.07, 6.45) is 6.68. The second-order valence-corrected chi connectivity index (χ2v) is 5.92. The maximum atomic E-state index is 6.03. The molecule has 3 rings (SSSR count). The molecule has 0 aliphatic carbocycles. The fraction of sp³-hybridized carbons (Fsp3) is 0.588. The van der Waals surface area contributed by atoms with E-state index in [0.717, 1.165) is 64.2 Å². The van der Waals surface area contributed by atoms with Crippen LogP contribution < -0.4 is 15.5 Å². The minimum atomic E-state index is 0. The quantitative estimate of drug-likeness (QED) is 0.719. The van der Waals surface area contributed by atoms with Gasteiger partial charge in [-0.25, -0.2) is 5.43 Å². The van der Waals surface area contributed by atoms with Gasteiger partial charge < -0.3 is 10.1 Å². The van der Waals surface area contributed by atoms with Crippen molar-refractivity contribution < 1.29 is 4.74 Å². The highest BCUT2D eigenvalue weighted by Crippen LogP contribution is 2.26. The Kier molecular flexibility index (Phi) is 10.1. The van der Waals surface area contributed by atoms with Crippen LogP contribution in [0.1, 0.15) is 24.8 Å². The summed E-state index contributed by atoms with van der Waals surface area (Å²) in [5.74, 6) is 1.06. The van der Waals surface area contributed by atoms with Gasteiger partial charge in [0.05, 0.1) is 6.34 Å². The molecule has 2 aliphatic rings. The summed E-state index contributed by atoms with van der Waals surface area (Å²) in [6, 6.07) is 8.37. The predicted molar refractivity (Wildman–Crippen MR) is 104 cm³/mol. The van der Waals surface area contributed by atoms with Crippen LogP contribution >= 0.6 is 24.8 Å². The number of para-hydroxylation sites is 1. The lowest BCUT2D eigenvalue weighted by Gasteiger charge is -2.26. The fourth-order valence-electron chi connectivity index (χ4n) is 2.89. The number of hydrogen-bond acceptors (Lipinski definition) is 5. The van der Waals surface area contributed by atoms with E-state index < -0.39 is 0 Å². The molecule has 2 N–H and O–H groups in total. The number of rotatable bonds is 7. The molecular formula is C17H28Cl2N4O. The van der Waals surface area contributed by atoms with Crippen molar-refractivity contribution in [2.45, 2.75) is 31.8 Å². The second kappa shape index (κ2) is 11.5. The van der Waals surface area contributed by atoms with E-state index in [-0.39, 0.29) is 24.8 Å². The van der Waals surface area contributed by atoms with Crippen molar-refractivity contribution >= 4 is 31.2 Å². The highest BCUT2D eigenvalue weighted by Gasteiger charge is 2.18. The number of benzene rings is 1. The van der Waals surface area contributed by atoms with Crippen molar-refractivity contribution in [3.05, 3.63) is 29.8 Å². The number of aliphatic imine (C=N–C) groups is 1. The van der Waals surface area contributed by atoms with Crippen molar-refractivity contribution in [2.24, 2.45) is 4.99 Å². The van der Waals surface area contributed by atoms with E-state index in [0.29, 0.717) is 6.10 Å². The molecule has 0 spiro atoms. The standard InChI is InChI=1S/C17H26N4O.2ClH/c1-2-6-17-15(5-1)7-8-16(22-17)13-18-9-3-11-20-21-12-4-10-19-14-21;;/h1-2,5-6,14,16,18,20H,3-4,7-13H2;2*1H/t16-;;/m1../s1. The first kappa shape index (κ1) is 21.0. The average molecular weight is 375 g/mol. The normalized spacial score (nSPS) is 18.8. The van der Waals surface area contributed by atoms with Gasteiger partial charge in [-0.2, -0.15) is 0 Å². The van der Waals surface area contributed by atoms with Crippen LogP contribution in [0.4, 0.5) is 0 Å². The minimum absolute atomic E-state index is 0. The first-order chi connectivity index (χ1) is 10.9. The Bertz CT molecular complexity index is 501. The highest BCUT2D eigenvalue weighted by atomic mass is 35.5. The lowest BCUT2D eigenvalue weighted by molar-refractivity contribution is 0.170. The van der Waals surface area contributed by atoms with Crippen molar-refractivity contribution in [2.75, 3.05) is 32.7 Å². The largest absolute Gasteiger partial charge is 0.489 e. The average Bonchev–Trinajstić information content (AvgIpc) is 2.59. The summed E-state index contributed by atoms with van der Waals surface area (Å²) in [7, 11) is 0. The van der Waals surface area contributed by atoms with E-state index in [9.17, 15) is 0 Å². The zero-order valence-electron chi connectivity index (χ0n) is 13.9. The number of aryl methyl sites for hydroxylation is 1. The van der Waals surface area contributed by atoms with Crippen molar-refractivity contribution in [3.63, 3.8) is 0 Å². The van der Waals surface area contributed by atoms with Gasteiger partial charge in [-0.05, 0) is 43.9 Å². The third-order valence-corrected chi connectivity index (χ3v) is 4.13. The van der Waals surface area contributed by atoms with Gasteiger partial charge in [-0.15, -0.1) is 24.8 Å². The van der Waals surface area contributed by atoms with Gasteiger partial charge in [0.1, 0.15) is 11.9 Å². The van der Waals surface area contributed by atoms with E-state index in [1.54, 1.807) is 0 Å². The molecule has 0 saturated carbocycles. The molecule has 2 heterocycles. The van der Waals surface area contributed by atoms with Gasteiger partial charge in [-0.3, -0.25) is 10.0 Å². The van der Waals surface area contributed by atoms with Crippen LogP contribution in [-0.4, -0.2) is 50.2 Å². The van der Waals surface area contributed by atoms with Crippen molar-refractivity contribution in [3.8, 4) is 5.75 Å². The minimum Gasteiger partial charge on any atom is -0.489 e. The molecule has 0 radical (unpaired) electrons. The van der Waals surface area contributed by atoms with E-state index in [1.165, 1.54) is 5.56 Å². The topological polar surface area (TPSA) is 48.9 Å². The summed E-state index contributed by atoms with van der Waals surface area (Å²) in [5, 5.41) is 5.59. The molecule has 0 fully saturated rings. The van der Waals surface area contributed by atoms with E-state index in [1.807, 2.05) is 12.4 Å². The molecule has 0 amide bonds. The van der Waals surface area contributed by atoms with Gasteiger partial charge in [0, 0.05) is 26.2 Å². The fourth-order valence-corrected chi connectivity index (χ4v) is 2.89. The molecule has 1 aromatic carbocycles. The number of ether oxygens (including phenoxy) is 1. The third-order valence-electron chi connectivity index (χ3n) is 4.13. The molecule has 2 aliphatic heterocycles. The molecule has 0 aromatic heterocycles. The predicted octanol–water partition coefficient (Wildman–Crippen LogP) is 2.44. The van der Waals surface area contributed by atoms with Crippen LogP contribution in [0.5, 0.6) is 5.75 Å². The molecule has 0 unspecified atom stereocenters. The van der Waals surface area contributed by atoms with Crippen LogP contribution in [0.25, 0.3) is 0 Å². The lowest BCUT2D eigenvalue weighted by Crippen LogP contribution is -2.41. The molecule has 1 aromatic rings. The molecule has 0 bridgehead atoms. The Morgan fingerprint density at radius 3 is 2.92 bits per heavy atom. The number of nitrogens with zero attached hydrogens (tertiary/aromatic N) is 2. The molecule has 1 atom stereocenters. The number of hydrogen-bond donors (Lipinski definition) is 2. The van der Waals surface area contributed by atoms with E-state index >= 15 is 0 Å².